The van der Waals surface area contributed by atoms with Gasteiger partial charge in [0.15, 0.2) is 0 Å². The smallest absolute Gasteiger partial charge is 0.245 e. The summed E-state index contributed by atoms with van der Waals surface area (Å²) in [5, 5.41) is 11.4. The molecule has 0 amide bonds. The molecule has 0 bridgehead atoms. The van der Waals surface area contributed by atoms with Crippen LogP contribution in [0.5, 0.6) is 0 Å². The Hall–Kier alpha value is -1.17. The summed E-state index contributed by atoms with van der Waals surface area (Å²) in [6.45, 7) is 4.04. The van der Waals surface area contributed by atoms with E-state index in [2.05, 4.69) is 27.3 Å². The molecule has 1 saturated heterocycles. The molecule has 2 atom stereocenters. The van der Waals surface area contributed by atoms with Crippen molar-refractivity contribution in [2.24, 2.45) is 18.7 Å². The normalized spacial score (nSPS) is 28.1. The molecule has 1 aromatic rings. The van der Waals surface area contributed by atoms with E-state index < -0.39 is 0 Å². The number of nitrogens with two attached hydrogens (primary N) is 1. The second kappa shape index (κ2) is 3.53. The van der Waals surface area contributed by atoms with Crippen molar-refractivity contribution in [3.05, 3.63) is 0 Å². The van der Waals surface area contributed by atoms with Gasteiger partial charge in [-0.05, 0) is 22.8 Å². The van der Waals surface area contributed by atoms with Gasteiger partial charge in [-0.15, -0.1) is 0 Å². The van der Waals surface area contributed by atoms with Gasteiger partial charge in [-0.3, -0.25) is 0 Å². The third kappa shape index (κ3) is 1.70. The lowest BCUT2D eigenvalue weighted by molar-refractivity contribution is 0.395. The highest BCUT2D eigenvalue weighted by Crippen LogP contribution is 2.19. The van der Waals surface area contributed by atoms with Crippen molar-refractivity contribution in [2.45, 2.75) is 19.4 Å². The fourth-order valence-electron chi connectivity index (χ4n) is 2.06. The highest BCUT2D eigenvalue weighted by molar-refractivity contribution is 5.29. The van der Waals surface area contributed by atoms with Crippen molar-refractivity contribution < 1.29 is 0 Å². The summed E-state index contributed by atoms with van der Waals surface area (Å²) < 4.78 is 1.69. The first-order chi connectivity index (χ1) is 6.66. The molecule has 2 heterocycles. The summed E-state index contributed by atoms with van der Waals surface area (Å²) >= 11 is 0. The van der Waals surface area contributed by atoms with Gasteiger partial charge in [-0.25, -0.2) is 4.68 Å². The number of nitrogens with zero attached hydrogens (tertiary/aromatic N) is 5. The molecule has 14 heavy (non-hydrogen) atoms. The zero-order valence-electron chi connectivity index (χ0n) is 8.59. The maximum absolute atomic E-state index is 5.95. The Kier molecular flexibility index (Phi) is 2.37. The minimum atomic E-state index is 0.232. The molecule has 1 fully saturated rings. The highest BCUT2D eigenvalue weighted by atomic mass is 15.6. The number of rotatable bonds is 1. The van der Waals surface area contributed by atoms with Gasteiger partial charge in [0, 0.05) is 26.2 Å². The van der Waals surface area contributed by atoms with Crippen LogP contribution in [-0.4, -0.2) is 39.3 Å². The lowest BCUT2D eigenvalue weighted by atomic mass is 9.97. The molecule has 0 aromatic carbocycles. The van der Waals surface area contributed by atoms with Crippen LogP contribution in [0.4, 0.5) is 5.95 Å². The van der Waals surface area contributed by atoms with Crippen molar-refractivity contribution in [1.82, 2.24) is 20.2 Å². The SMILES string of the molecule is CC1CC(N)CN(c2nnnn2C)C1. The molecule has 2 N–H and O–H groups in total. The van der Waals surface area contributed by atoms with Crippen LogP contribution in [0.1, 0.15) is 13.3 Å². The van der Waals surface area contributed by atoms with E-state index in [-0.39, 0.29) is 6.04 Å². The number of aromatic nitrogens is 4. The van der Waals surface area contributed by atoms with Gasteiger partial charge in [-0.1, -0.05) is 12.0 Å². The van der Waals surface area contributed by atoms with Gasteiger partial charge in [0.1, 0.15) is 0 Å². The topological polar surface area (TPSA) is 72.9 Å². The second-order valence-electron chi connectivity index (χ2n) is 4.11. The van der Waals surface area contributed by atoms with Crippen LogP contribution >= 0.6 is 0 Å². The summed E-state index contributed by atoms with van der Waals surface area (Å²) in [4.78, 5) is 2.15. The molecule has 0 spiro atoms. The molecular weight excluding hydrogens is 180 g/mol. The van der Waals surface area contributed by atoms with Crippen LogP contribution in [0.3, 0.4) is 0 Å². The van der Waals surface area contributed by atoms with E-state index in [1.165, 1.54) is 0 Å². The third-order valence-electron chi connectivity index (χ3n) is 2.57. The van der Waals surface area contributed by atoms with Crippen molar-refractivity contribution in [2.75, 3.05) is 18.0 Å². The first-order valence-corrected chi connectivity index (χ1v) is 4.89. The van der Waals surface area contributed by atoms with E-state index in [0.29, 0.717) is 5.92 Å². The van der Waals surface area contributed by atoms with Crippen LogP contribution in [0.2, 0.25) is 0 Å². The first-order valence-electron chi connectivity index (χ1n) is 4.89. The summed E-state index contributed by atoms with van der Waals surface area (Å²) in [6.07, 6.45) is 1.09. The Morgan fingerprint density at radius 1 is 1.43 bits per heavy atom. The minimum absolute atomic E-state index is 0.232. The zero-order chi connectivity index (χ0) is 10.1. The average molecular weight is 196 g/mol. The molecular formula is C8H16N6. The number of hydrogen-bond acceptors (Lipinski definition) is 5. The van der Waals surface area contributed by atoms with Crippen LogP contribution in [0, 0.1) is 5.92 Å². The Morgan fingerprint density at radius 2 is 2.21 bits per heavy atom. The molecule has 0 radical (unpaired) electrons. The van der Waals surface area contributed by atoms with Crippen molar-refractivity contribution in [3.8, 4) is 0 Å². The van der Waals surface area contributed by atoms with Gasteiger partial charge in [0.25, 0.3) is 0 Å². The maximum Gasteiger partial charge on any atom is 0.245 e. The number of anilines is 1. The van der Waals surface area contributed by atoms with E-state index in [1.807, 2.05) is 7.05 Å². The molecule has 0 saturated carbocycles. The quantitative estimate of drug-likeness (QED) is 0.648. The van der Waals surface area contributed by atoms with Gasteiger partial charge in [0.05, 0.1) is 0 Å². The van der Waals surface area contributed by atoms with Crippen LogP contribution in [-0.2, 0) is 7.05 Å². The standard InChI is InChI=1S/C8H16N6/c1-6-3-7(9)5-14(4-6)8-10-11-12-13(8)2/h6-7H,3-5,9H2,1-2H3. The monoisotopic (exact) mass is 196 g/mol. The molecule has 2 rings (SSSR count). The molecule has 78 valence electrons. The van der Waals surface area contributed by atoms with E-state index in [0.717, 1.165) is 25.5 Å². The predicted octanol–water partition coefficient (Wildman–Crippen LogP) is -0.616. The third-order valence-corrected chi connectivity index (χ3v) is 2.57. The summed E-state index contributed by atoms with van der Waals surface area (Å²) in [5.74, 6) is 1.42. The second-order valence-corrected chi connectivity index (χ2v) is 4.11. The zero-order valence-corrected chi connectivity index (χ0v) is 8.59. The number of hydrogen-bond donors (Lipinski definition) is 1. The Bertz CT molecular complexity index is 299. The number of piperidine rings is 1. The highest BCUT2D eigenvalue weighted by Gasteiger charge is 2.24. The first kappa shape index (κ1) is 9.39. The molecule has 1 aromatic heterocycles. The summed E-state index contributed by atoms with van der Waals surface area (Å²) in [5.41, 5.74) is 5.95. The Balaban J connectivity index is 2.15. The molecule has 2 unspecified atom stereocenters. The molecule has 0 aliphatic carbocycles. The maximum atomic E-state index is 5.95. The Morgan fingerprint density at radius 3 is 2.79 bits per heavy atom. The van der Waals surface area contributed by atoms with Crippen molar-refractivity contribution in [1.29, 1.82) is 0 Å². The largest absolute Gasteiger partial charge is 0.338 e. The van der Waals surface area contributed by atoms with E-state index in [1.54, 1.807) is 4.68 Å². The van der Waals surface area contributed by atoms with Gasteiger partial charge >= 0.3 is 0 Å². The molecule has 1 aliphatic heterocycles. The van der Waals surface area contributed by atoms with Gasteiger partial charge in [0.2, 0.25) is 5.95 Å². The average Bonchev–Trinajstić information content (AvgIpc) is 2.49. The summed E-state index contributed by atoms with van der Waals surface area (Å²) in [7, 11) is 1.85. The van der Waals surface area contributed by atoms with Crippen molar-refractivity contribution >= 4 is 5.95 Å². The predicted molar refractivity (Wildman–Crippen MR) is 52.8 cm³/mol. The summed E-state index contributed by atoms with van der Waals surface area (Å²) in [6, 6.07) is 0.232. The van der Waals surface area contributed by atoms with Crippen LogP contribution in [0.25, 0.3) is 0 Å². The van der Waals surface area contributed by atoms with Crippen LogP contribution < -0.4 is 10.6 Å². The van der Waals surface area contributed by atoms with E-state index >= 15 is 0 Å². The molecule has 6 nitrogen and oxygen atoms in total. The fraction of sp³-hybridized carbons (Fsp3) is 0.875. The van der Waals surface area contributed by atoms with Crippen molar-refractivity contribution in [3.63, 3.8) is 0 Å². The number of tetrazole rings is 1. The minimum Gasteiger partial charge on any atom is -0.338 e. The van der Waals surface area contributed by atoms with Crippen LogP contribution in [0.15, 0.2) is 0 Å². The Labute approximate surface area is 83.1 Å². The lowest BCUT2D eigenvalue weighted by Crippen LogP contribution is -2.47. The van der Waals surface area contributed by atoms with E-state index in [9.17, 15) is 0 Å². The number of aryl methyl sites for hydroxylation is 1. The van der Waals surface area contributed by atoms with Gasteiger partial charge < -0.3 is 10.6 Å². The molecule has 1 aliphatic rings. The van der Waals surface area contributed by atoms with Gasteiger partial charge in [-0.2, -0.15) is 0 Å². The molecule has 6 heteroatoms. The fourth-order valence-corrected chi connectivity index (χ4v) is 2.06. The lowest BCUT2D eigenvalue weighted by Gasteiger charge is -2.34. The van der Waals surface area contributed by atoms with E-state index in [4.69, 9.17) is 5.73 Å².